The van der Waals surface area contributed by atoms with E-state index in [1.54, 1.807) is 36.4 Å². The summed E-state index contributed by atoms with van der Waals surface area (Å²) in [5.41, 5.74) is 0.586. The van der Waals surface area contributed by atoms with E-state index in [2.05, 4.69) is 27.6 Å². The Hall–Kier alpha value is -2.75. The fraction of sp³-hybridized carbons (Fsp3) is 0.0588. The van der Waals surface area contributed by atoms with E-state index < -0.39 is 24.2 Å². The molecule has 4 rings (SSSR count). The van der Waals surface area contributed by atoms with Crippen molar-refractivity contribution in [2.24, 2.45) is 0 Å². The molecule has 0 bridgehead atoms. The Bertz CT molecular complexity index is 1060. The first-order chi connectivity index (χ1) is 12.1. The van der Waals surface area contributed by atoms with Crippen molar-refractivity contribution in [1.29, 1.82) is 0 Å². The van der Waals surface area contributed by atoms with Gasteiger partial charge < -0.3 is 4.74 Å². The van der Waals surface area contributed by atoms with Crippen LogP contribution in [0.5, 0.6) is 0 Å². The molecular weight excluding hydrogens is 437 g/mol. The molecule has 0 saturated carbocycles. The van der Waals surface area contributed by atoms with Gasteiger partial charge in [0.1, 0.15) is 0 Å². The number of nitrogens with zero attached hydrogens (tertiary/aromatic N) is 3. The van der Waals surface area contributed by atoms with Crippen molar-refractivity contribution in [2.75, 3.05) is 11.6 Å². The first kappa shape index (κ1) is 15.8. The van der Waals surface area contributed by atoms with Gasteiger partial charge in [0.05, 0.1) is 10.9 Å². The van der Waals surface area contributed by atoms with Gasteiger partial charge in [-0.05, 0) is 40.8 Å². The second-order valence-electron chi connectivity index (χ2n) is 5.34. The fourth-order valence-electron chi connectivity index (χ4n) is 2.65. The minimum absolute atomic E-state index is 0.200. The van der Waals surface area contributed by atoms with Gasteiger partial charge in [0, 0.05) is 9.13 Å². The molecule has 124 valence electrons. The Morgan fingerprint density at radius 2 is 1.80 bits per heavy atom. The van der Waals surface area contributed by atoms with Gasteiger partial charge in [0.15, 0.2) is 12.4 Å². The first-order valence-corrected chi connectivity index (χ1v) is 8.42. The number of fused-ring (bicyclic) bond motifs is 1. The maximum absolute atomic E-state index is 13.1. The SMILES string of the molecule is O=C1COC(=O)N1n1c(-c2ccccc2)nc2ccc(I)cc2c1=O. The molecule has 0 aliphatic carbocycles. The topological polar surface area (TPSA) is 81.5 Å². The Morgan fingerprint density at radius 1 is 1.04 bits per heavy atom. The lowest BCUT2D eigenvalue weighted by molar-refractivity contribution is -0.118. The number of hydrogen-bond acceptors (Lipinski definition) is 5. The molecule has 0 N–H and O–H groups in total. The number of aromatic nitrogens is 2. The molecule has 0 radical (unpaired) electrons. The quantitative estimate of drug-likeness (QED) is 0.564. The maximum atomic E-state index is 13.1. The number of imide groups is 1. The molecule has 7 nitrogen and oxygen atoms in total. The summed E-state index contributed by atoms with van der Waals surface area (Å²) in [5.74, 6) is -0.414. The third kappa shape index (κ3) is 2.58. The van der Waals surface area contributed by atoms with Crippen molar-refractivity contribution >= 4 is 45.5 Å². The zero-order valence-electron chi connectivity index (χ0n) is 12.7. The molecule has 3 aromatic rings. The highest BCUT2D eigenvalue weighted by molar-refractivity contribution is 14.1. The summed E-state index contributed by atoms with van der Waals surface area (Å²) in [6, 6.07) is 14.1. The van der Waals surface area contributed by atoms with Crippen LogP contribution >= 0.6 is 22.6 Å². The number of rotatable bonds is 2. The predicted molar refractivity (Wildman–Crippen MR) is 98.7 cm³/mol. The Morgan fingerprint density at radius 3 is 2.48 bits per heavy atom. The zero-order chi connectivity index (χ0) is 17.6. The van der Waals surface area contributed by atoms with Gasteiger partial charge in [0.2, 0.25) is 0 Å². The number of ether oxygens (including phenoxy) is 1. The smallest absolute Gasteiger partial charge is 0.437 e. The van der Waals surface area contributed by atoms with E-state index in [9.17, 15) is 14.4 Å². The number of carbonyl (C=O) groups is 2. The summed E-state index contributed by atoms with van der Waals surface area (Å²) in [6.45, 7) is -0.399. The molecule has 1 saturated heterocycles. The Kier molecular flexibility index (Phi) is 3.75. The van der Waals surface area contributed by atoms with Crippen LogP contribution in [0, 0.1) is 3.57 Å². The van der Waals surface area contributed by atoms with Crippen LogP contribution in [-0.2, 0) is 9.53 Å². The molecule has 0 spiro atoms. The third-order valence-corrected chi connectivity index (χ3v) is 4.44. The Labute approximate surface area is 154 Å². The first-order valence-electron chi connectivity index (χ1n) is 7.34. The molecular formula is C17H10IN3O4. The van der Waals surface area contributed by atoms with E-state index in [4.69, 9.17) is 4.74 Å². The largest absolute Gasteiger partial charge is 0.438 e. The predicted octanol–water partition coefficient (Wildman–Crippen LogP) is 2.28. The molecule has 0 unspecified atom stereocenters. The van der Waals surface area contributed by atoms with E-state index in [1.807, 2.05) is 12.1 Å². The lowest BCUT2D eigenvalue weighted by Gasteiger charge is -2.18. The second-order valence-corrected chi connectivity index (χ2v) is 6.59. The summed E-state index contributed by atoms with van der Waals surface area (Å²) in [5, 5.41) is 1.02. The minimum Gasteiger partial charge on any atom is -0.438 e. The summed E-state index contributed by atoms with van der Waals surface area (Å²) in [7, 11) is 0. The number of halogens is 1. The molecule has 2 heterocycles. The highest BCUT2D eigenvalue weighted by Crippen LogP contribution is 2.21. The van der Waals surface area contributed by atoms with Crippen molar-refractivity contribution in [3.8, 4) is 11.4 Å². The summed E-state index contributed by atoms with van der Waals surface area (Å²) >= 11 is 2.08. The molecule has 1 aromatic heterocycles. The third-order valence-electron chi connectivity index (χ3n) is 3.77. The molecule has 2 amide bonds. The van der Waals surface area contributed by atoms with Gasteiger partial charge in [-0.2, -0.15) is 4.68 Å². The Balaban J connectivity index is 2.10. The summed E-state index contributed by atoms with van der Waals surface area (Å²) in [4.78, 5) is 41.7. The average Bonchev–Trinajstić information content (AvgIpc) is 2.95. The molecule has 8 heteroatoms. The molecule has 1 aliphatic heterocycles. The molecule has 1 aliphatic rings. The van der Waals surface area contributed by atoms with Gasteiger partial charge >= 0.3 is 6.09 Å². The second kappa shape index (κ2) is 5.96. The maximum Gasteiger partial charge on any atom is 0.437 e. The van der Waals surface area contributed by atoms with Crippen LogP contribution in [0.25, 0.3) is 22.3 Å². The fourth-order valence-corrected chi connectivity index (χ4v) is 3.14. The highest BCUT2D eigenvalue weighted by atomic mass is 127. The van der Waals surface area contributed by atoms with Crippen molar-refractivity contribution in [2.45, 2.75) is 0 Å². The van der Waals surface area contributed by atoms with Crippen LogP contribution in [0.3, 0.4) is 0 Å². The van der Waals surface area contributed by atoms with E-state index in [0.717, 1.165) is 8.25 Å². The van der Waals surface area contributed by atoms with Gasteiger partial charge in [-0.25, -0.2) is 9.78 Å². The van der Waals surface area contributed by atoms with Crippen LogP contribution in [-0.4, -0.2) is 28.3 Å². The highest BCUT2D eigenvalue weighted by Gasteiger charge is 2.36. The van der Waals surface area contributed by atoms with Crippen LogP contribution in [0.2, 0.25) is 0 Å². The molecule has 2 aromatic carbocycles. The number of benzene rings is 2. The van der Waals surface area contributed by atoms with E-state index in [0.29, 0.717) is 21.5 Å². The molecule has 1 fully saturated rings. The van der Waals surface area contributed by atoms with Crippen LogP contribution in [0.15, 0.2) is 53.3 Å². The van der Waals surface area contributed by atoms with Crippen molar-refractivity contribution in [3.63, 3.8) is 0 Å². The lowest BCUT2D eigenvalue weighted by Crippen LogP contribution is -2.47. The normalized spacial score (nSPS) is 14.2. The van der Waals surface area contributed by atoms with Crippen LogP contribution in [0.4, 0.5) is 4.79 Å². The van der Waals surface area contributed by atoms with Gasteiger partial charge in [-0.3, -0.25) is 9.59 Å². The van der Waals surface area contributed by atoms with Crippen molar-refractivity contribution in [1.82, 2.24) is 9.66 Å². The number of cyclic esters (lactones) is 1. The van der Waals surface area contributed by atoms with Gasteiger partial charge in [-0.15, -0.1) is 5.01 Å². The van der Waals surface area contributed by atoms with Crippen LogP contribution in [0.1, 0.15) is 0 Å². The van der Waals surface area contributed by atoms with Crippen LogP contribution < -0.4 is 10.6 Å². The van der Waals surface area contributed by atoms with Crippen molar-refractivity contribution < 1.29 is 14.3 Å². The van der Waals surface area contributed by atoms with E-state index >= 15 is 0 Å². The summed E-state index contributed by atoms with van der Waals surface area (Å²) in [6.07, 6.45) is -0.893. The lowest BCUT2D eigenvalue weighted by atomic mass is 10.2. The monoisotopic (exact) mass is 447 g/mol. The minimum atomic E-state index is -0.893. The number of hydrogen-bond donors (Lipinski definition) is 0. The molecule has 25 heavy (non-hydrogen) atoms. The van der Waals surface area contributed by atoms with E-state index in [1.165, 1.54) is 0 Å². The number of amides is 2. The molecule has 0 atom stereocenters. The zero-order valence-corrected chi connectivity index (χ0v) is 14.8. The van der Waals surface area contributed by atoms with Gasteiger partial charge in [0.25, 0.3) is 11.5 Å². The van der Waals surface area contributed by atoms with E-state index in [-0.39, 0.29) is 5.82 Å². The standard InChI is InChI=1S/C17H10IN3O4/c18-11-6-7-13-12(8-11)16(23)21(20-14(22)9-25-17(20)24)15(19-13)10-4-2-1-3-5-10/h1-8H,9H2. The van der Waals surface area contributed by atoms with Crippen molar-refractivity contribution in [3.05, 3.63) is 62.5 Å². The average molecular weight is 447 g/mol. The summed E-state index contributed by atoms with van der Waals surface area (Å²) < 4.78 is 6.60. The number of carbonyl (C=O) groups excluding carboxylic acids is 2. The van der Waals surface area contributed by atoms with Gasteiger partial charge in [-0.1, -0.05) is 30.3 Å².